The van der Waals surface area contributed by atoms with E-state index < -0.39 is 0 Å². The third kappa shape index (κ3) is 2.94. The van der Waals surface area contributed by atoms with Crippen molar-refractivity contribution in [2.75, 3.05) is 5.75 Å². The zero-order chi connectivity index (χ0) is 10.8. The number of nitrogens with one attached hydrogen (secondary N) is 2. The summed E-state index contributed by atoms with van der Waals surface area (Å²) in [7, 11) is 0. The fourth-order valence-electron chi connectivity index (χ4n) is 0.977. The molecule has 0 aliphatic carbocycles. The number of hydrogen-bond acceptors (Lipinski definition) is 2. The molecule has 0 atom stereocenters. The molecule has 4 heteroatoms. The molecule has 3 nitrogen and oxygen atoms in total. The first-order chi connectivity index (χ1) is 6.44. The Morgan fingerprint density at radius 3 is 2.57 bits per heavy atom. The van der Waals surface area contributed by atoms with Crippen molar-refractivity contribution in [3.63, 3.8) is 0 Å². The Bertz CT molecular complexity index is 271. The maximum absolute atomic E-state index is 11.5. The fourth-order valence-corrected chi connectivity index (χ4v) is 1.68. The van der Waals surface area contributed by atoms with Gasteiger partial charge in [0.2, 0.25) is 0 Å². The molecule has 2 amide bonds. The second-order valence-corrected chi connectivity index (χ2v) is 5.33. The van der Waals surface area contributed by atoms with E-state index in [2.05, 4.69) is 17.6 Å². The van der Waals surface area contributed by atoms with Crippen molar-refractivity contribution in [3.05, 3.63) is 10.6 Å². The fraction of sp³-hybridized carbons (Fsp3) is 0.700. The SMILES string of the molecule is CCC(C)(C)NC(=O)NC1=C(C)SC1. The highest BCUT2D eigenvalue weighted by atomic mass is 32.2. The van der Waals surface area contributed by atoms with Gasteiger partial charge in [0, 0.05) is 21.9 Å². The molecule has 1 aliphatic rings. The number of rotatable bonds is 3. The monoisotopic (exact) mass is 214 g/mol. The highest BCUT2D eigenvalue weighted by molar-refractivity contribution is 8.04. The standard InChI is InChI=1S/C10H18N2OS/c1-5-10(3,4)12-9(13)11-8-6-14-7(8)2/h5-6H2,1-4H3,(H2,11,12,13). The first kappa shape index (κ1) is 11.4. The van der Waals surface area contributed by atoms with Crippen LogP contribution in [0, 0.1) is 0 Å². The summed E-state index contributed by atoms with van der Waals surface area (Å²) in [4.78, 5) is 12.7. The molecule has 14 heavy (non-hydrogen) atoms. The topological polar surface area (TPSA) is 41.1 Å². The smallest absolute Gasteiger partial charge is 0.319 e. The van der Waals surface area contributed by atoms with Crippen LogP contribution in [0.1, 0.15) is 34.1 Å². The Morgan fingerprint density at radius 2 is 2.21 bits per heavy atom. The molecule has 0 bridgehead atoms. The molecule has 2 N–H and O–H groups in total. The Hall–Kier alpha value is -0.640. The van der Waals surface area contributed by atoms with Crippen LogP contribution in [0.4, 0.5) is 4.79 Å². The van der Waals surface area contributed by atoms with E-state index in [9.17, 15) is 4.79 Å². The van der Waals surface area contributed by atoms with Crippen molar-refractivity contribution < 1.29 is 4.79 Å². The van der Waals surface area contributed by atoms with Crippen molar-refractivity contribution in [3.8, 4) is 0 Å². The van der Waals surface area contributed by atoms with Crippen LogP contribution in [0.2, 0.25) is 0 Å². The van der Waals surface area contributed by atoms with Gasteiger partial charge in [0.1, 0.15) is 0 Å². The van der Waals surface area contributed by atoms with Gasteiger partial charge in [-0.15, -0.1) is 11.8 Å². The lowest BCUT2D eigenvalue weighted by Crippen LogP contribution is -2.48. The number of carbonyl (C=O) groups excluding carboxylic acids is 1. The molecule has 0 spiro atoms. The lowest BCUT2D eigenvalue weighted by atomic mass is 10.0. The summed E-state index contributed by atoms with van der Waals surface area (Å²) in [6.45, 7) is 8.12. The third-order valence-corrected chi connectivity index (χ3v) is 3.57. The largest absolute Gasteiger partial charge is 0.333 e. The Morgan fingerprint density at radius 1 is 1.57 bits per heavy atom. The van der Waals surface area contributed by atoms with Crippen LogP contribution >= 0.6 is 11.8 Å². The molecule has 0 aromatic rings. The molecule has 0 saturated heterocycles. The van der Waals surface area contributed by atoms with E-state index in [4.69, 9.17) is 0 Å². The molecular formula is C10H18N2OS. The molecular weight excluding hydrogens is 196 g/mol. The highest BCUT2D eigenvalue weighted by Crippen LogP contribution is 2.30. The van der Waals surface area contributed by atoms with Gasteiger partial charge in [-0.3, -0.25) is 0 Å². The maximum Gasteiger partial charge on any atom is 0.319 e. The first-order valence-electron chi connectivity index (χ1n) is 4.86. The molecule has 1 aliphatic heterocycles. The minimum atomic E-state index is -0.130. The summed E-state index contributed by atoms with van der Waals surface area (Å²) >= 11 is 1.77. The first-order valence-corrected chi connectivity index (χ1v) is 5.85. The van der Waals surface area contributed by atoms with E-state index in [0.29, 0.717) is 0 Å². The van der Waals surface area contributed by atoms with Crippen LogP contribution in [0.3, 0.4) is 0 Å². The Kier molecular flexibility index (Phi) is 3.48. The van der Waals surface area contributed by atoms with E-state index in [-0.39, 0.29) is 11.6 Å². The van der Waals surface area contributed by atoms with Gasteiger partial charge in [0.15, 0.2) is 0 Å². The molecule has 0 unspecified atom stereocenters. The van der Waals surface area contributed by atoms with E-state index >= 15 is 0 Å². The second-order valence-electron chi connectivity index (χ2n) is 4.14. The van der Waals surface area contributed by atoms with E-state index in [0.717, 1.165) is 17.9 Å². The van der Waals surface area contributed by atoms with Crippen molar-refractivity contribution in [1.29, 1.82) is 0 Å². The van der Waals surface area contributed by atoms with Gasteiger partial charge in [-0.05, 0) is 27.2 Å². The van der Waals surface area contributed by atoms with E-state index in [1.54, 1.807) is 11.8 Å². The average molecular weight is 214 g/mol. The number of urea groups is 1. The number of amides is 2. The van der Waals surface area contributed by atoms with Crippen molar-refractivity contribution in [2.24, 2.45) is 0 Å². The summed E-state index contributed by atoms with van der Waals surface area (Å²) in [5, 5.41) is 5.80. The zero-order valence-electron chi connectivity index (χ0n) is 9.23. The van der Waals surface area contributed by atoms with Crippen LogP contribution in [0.15, 0.2) is 10.6 Å². The molecule has 80 valence electrons. The number of allylic oxidation sites excluding steroid dienone is 1. The van der Waals surface area contributed by atoms with E-state index in [1.807, 2.05) is 20.8 Å². The molecule has 0 aromatic carbocycles. The van der Waals surface area contributed by atoms with Crippen LogP contribution in [0.25, 0.3) is 0 Å². The molecule has 1 heterocycles. The zero-order valence-corrected chi connectivity index (χ0v) is 10.0. The Balaban J connectivity index is 2.40. The minimum absolute atomic E-state index is 0.0912. The number of carbonyl (C=O) groups is 1. The lowest BCUT2D eigenvalue weighted by molar-refractivity contribution is 0.231. The summed E-state index contributed by atoms with van der Waals surface area (Å²) in [5.74, 6) is 0.922. The van der Waals surface area contributed by atoms with Crippen molar-refractivity contribution in [1.82, 2.24) is 10.6 Å². The van der Waals surface area contributed by atoms with Gasteiger partial charge in [-0.2, -0.15) is 0 Å². The predicted molar refractivity (Wildman–Crippen MR) is 61.2 cm³/mol. The van der Waals surface area contributed by atoms with Gasteiger partial charge in [0.25, 0.3) is 0 Å². The summed E-state index contributed by atoms with van der Waals surface area (Å²) in [6.07, 6.45) is 0.924. The Labute approximate surface area is 89.7 Å². The normalized spacial score (nSPS) is 16.3. The van der Waals surface area contributed by atoms with Gasteiger partial charge in [-0.25, -0.2) is 4.79 Å². The van der Waals surface area contributed by atoms with Crippen molar-refractivity contribution >= 4 is 17.8 Å². The van der Waals surface area contributed by atoms with Crippen LogP contribution in [-0.4, -0.2) is 17.3 Å². The molecule has 0 saturated carbocycles. The predicted octanol–water partition coefficient (Wildman–Crippen LogP) is 2.45. The summed E-state index contributed by atoms with van der Waals surface area (Å²) < 4.78 is 0. The molecule has 1 rings (SSSR count). The van der Waals surface area contributed by atoms with Crippen LogP contribution < -0.4 is 10.6 Å². The maximum atomic E-state index is 11.5. The molecule has 0 fully saturated rings. The summed E-state index contributed by atoms with van der Waals surface area (Å²) in [5.41, 5.74) is 0.925. The van der Waals surface area contributed by atoms with E-state index in [1.165, 1.54) is 4.91 Å². The quantitative estimate of drug-likeness (QED) is 0.757. The van der Waals surface area contributed by atoms with Gasteiger partial charge < -0.3 is 10.6 Å². The van der Waals surface area contributed by atoms with Gasteiger partial charge >= 0.3 is 6.03 Å². The lowest BCUT2D eigenvalue weighted by Gasteiger charge is -2.27. The molecule has 0 aromatic heterocycles. The van der Waals surface area contributed by atoms with Gasteiger partial charge in [-0.1, -0.05) is 6.92 Å². The average Bonchev–Trinajstić information content (AvgIpc) is 2.11. The van der Waals surface area contributed by atoms with Crippen LogP contribution in [-0.2, 0) is 0 Å². The third-order valence-electron chi connectivity index (χ3n) is 2.46. The summed E-state index contributed by atoms with van der Waals surface area (Å²) in [6, 6.07) is -0.0912. The number of thioether (sulfide) groups is 1. The molecule has 0 radical (unpaired) electrons. The van der Waals surface area contributed by atoms with Gasteiger partial charge in [0.05, 0.1) is 0 Å². The second kappa shape index (κ2) is 4.26. The van der Waals surface area contributed by atoms with Crippen LogP contribution in [0.5, 0.6) is 0 Å². The number of hydrogen-bond donors (Lipinski definition) is 2. The minimum Gasteiger partial charge on any atom is -0.333 e. The van der Waals surface area contributed by atoms with Crippen molar-refractivity contribution in [2.45, 2.75) is 39.7 Å². The highest BCUT2D eigenvalue weighted by Gasteiger charge is 2.21.